The van der Waals surface area contributed by atoms with E-state index >= 15 is 0 Å². The lowest BCUT2D eigenvalue weighted by molar-refractivity contribution is -0.137. The molecule has 0 radical (unpaired) electrons. The van der Waals surface area contributed by atoms with Gasteiger partial charge in [0.15, 0.2) is 0 Å². The van der Waals surface area contributed by atoms with E-state index in [-0.39, 0.29) is 15.7 Å². The summed E-state index contributed by atoms with van der Waals surface area (Å²) in [5, 5.41) is 0. The number of nitrogens with zero attached hydrogens (tertiary/aromatic N) is 1. The van der Waals surface area contributed by atoms with E-state index in [1.165, 1.54) is 0 Å². The van der Waals surface area contributed by atoms with E-state index in [1.807, 2.05) is 29.5 Å². The van der Waals surface area contributed by atoms with E-state index in [0.717, 1.165) is 32.1 Å². The van der Waals surface area contributed by atoms with Gasteiger partial charge in [0.25, 0.3) is 0 Å². The van der Waals surface area contributed by atoms with Crippen LogP contribution in [-0.2, 0) is 9.59 Å². The fourth-order valence-corrected chi connectivity index (χ4v) is 3.97. The Bertz CT molecular complexity index is 325. The molecule has 1 saturated heterocycles. The van der Waals surface area contributed by atoms with Crippen LogP contribution < -0.4 is 3.53 Å². The summed E-state index contributed by atoms with van der Waals surface area (Å²) in [4.78, 5) is 26.0. The number of rotatable bonds is 7. The van der Waals surface area contributed by atoms with Crippen molar-refractivity contribution >= 4 is 55.2 Å². The third-order valence-electron chi connectivity index (χ3n) is 3.51. The van der Waals surface area contributed by atoms with Gasteiger partial charge in [-0.15, -0.1) is 0 Å². The molecule has 1 aliphatic rings. The minimum Gasteiger partial charge on any atom is -0.330 e. The Hall–Kier alpha value is 0.560. The van der Waals surface area contributed by atoms with Crippen molar-refractivity contribution in [1.82, 2.24) is 8.43 Å². The Kier molecular flexibility index (Phi) is 6.80. The number of amides is 1. The highest BCUT2D eigenvalue weighted by atomic mass is 127. The van der Waals surface area contributed by atoms with E-state index in [9.17, 15) is 9.59 Å². The zero-order chi connectivity index (χ0) is 13.8. The summed E-state index contributed by atoms with van der Waals surface area (Å²) in [6, 6.07) is -0.244. The van der Waals surface area contributed by atoms with Gasteiger partial charge in [-0.05, 0) is 19.3 Å². The van der Waals surface area contributed by atoms with Crippen molar-refractivity contribution < 1.29 is 9.59 Å². The fraction of sp³-hybridized carbons (Fsp3) is 0.833. The largest absolute Gasteiger partial charge is 0.330 e. The highest BCUT2D eigenvalue weighted by molar-refractivity contribution is 14.1. The molecule has 1 N–H and O–H groups in total. The van der Waals surface area contributed by atoms with Crippen LogP contribution in [0.25, 0.3) is 0 Å². The van der Waals surface area contributed by atoms with Crippen molar-refractivity contribution in [1.29, 1.82) is 0 Å². The summed E-state index contributed by atoms with van der Waals surface area (Å²) < 4.78 is 3.23. The molecule has 0 unspecified atom stereocenters. The maximum Gasteiger partial charge on any atom is 0.244 e. The molecule has 1 rings (SSSR count). The molecule has 104 valence electrons. The first kappa shape index (κ1) is 16.6. The third kappa shape index (κ3) is 3.36. The van der Waals surface area contributed by atoms with E-state index in [2.05, 4.69) is 33.3 Å². The molecule has 1 amide bonds. The molecular formula is C12H20I2N2O2. The SMILES string of the molecule is CCC[C@@H](C(=O)I)N1CC[C@@](CCC)(NI)C1=O. The molecule has 6 heteroatoms. The third-order valence-corrected chi connectivity index (χ3v) is 5.26. The second-order valence-corrected chi connectivity index (χ2v) is 6.39. The highest BCUT2D eigenvalue weighted by Crippen LogP contribution is 2.31. The van der Waals surface area contributed by atoms with Crippen LogP contribution in [-0.4, -0.2) is 32.7 Å². The zero-order valence-corrected chi connectivity index (χ0v) is 15.2. The molecule has 0 bridgehead atoms. The smallest absolute Gasteiger partial charge is 0.244 e. The van der Waals surface area contributed by atoms with Crippen molar-refractivity contribution in [3.05, 3.63) is 0 Å². The highest BCUT2D eigenvalue weighted by Gasteiger charge is 2.48. The molecule has 1 aliphatic heterocycles. The van der Waals surface area contributed by atoms with Gasteiger partial charge in [0, 0.05) is 52.0 Å². The number of halogens is 2. The first-order valence-electron chi connectivity index (χ1n) is 6.40. The van der Waals surface area contributed by atoms with Crippen LogP contribution in [0.15, 0.2) is 0 Å². The molecule has 0 aliphatic carbocycles. The Morgan fingerprint density at radius 1 is 1.50 bits per heavy atom. The first-order chi connectivity index (χ1) is 8.52. The monoisotopic (exact) mass is 478 g/mol. The summed E-state index contributed by atoms with van der Waals surface area (Å²) >= 11 is 3.89. The molecule has 2 atom stereocenters. The van der Waals surface area contributed by atoms with Gasteiger partial charge in [0.05, 0.1) is 0 Å². The van der Waals surface area contributed by atoms with E-state index in [4.69, 9.17) is 0 Å². The summed E-state index contributed by atoms with van der Waals surface area (Å²) in [6.07, 6.45) is 4.27. The Morgan fingerprint density at radius 3 is 2.61 bits per heavy atom. The lowest BCUT2D eigenvalue weighted by Crippen LogP contribution is -2.50. The van der Waals surface area contributed by atoms with Gasteiger partial charge in [-0.1, -0.05) is 26.7 Å². The molecule has 0 aromatic heterocycles. The minimum atomic E-state index is -0.451. The van der Waals surface area contributed by atoms with Crippen LogP contribution in [0.1, 0.15) is 46.0 Å². The molecule has 0 saturated carbocycles. The second kappa shape index (κ2) is 7.37. The van der Waals surface area contributed by atoms with E-state index in [1.54, 1.807) is 4.90 Å². The quantitative estimate of drug-likeness (QED) is 0.348. The van der Waals surface area contributed by atoms with Gasteiger partial charge in [0.2, 0.25) is 9.70 Å². The second-order valence-electron chi connectivity index (χ2n) is 4.78. The van der Waals surface area contributed by atoms with Gasteiger partial charge < -0.3 is 4.90 Å². The standard InChI is InChI=1S/C12H20I2N2O2/c1-3-5-9(10(13)17)16-8-7-12(15-14,6-4-2)11(16)18/h9,15H,3-8H2,1-2H3/t9-,12+/m0/s1. The van der Waals surface area contributed by atoms with Crippen LogP contribution in [0, 0.1) is 0 Å². The Morgan fingerprint density at radius 2 is 2.17 bits per heavy atom. The van der Waals surface area contributed by atoms with Gasteiger partial charge >= 0.3 is 0 Å². The number of hydrogen-bond donors (Lipinski definition) is 1. The van der Waals surface area contributed by atoms with Crippen molar-refractivity contribution in [3.8, 4) is 0 Å². The van der Waals surface area contributed by atoms with Gasteiger partial charge in [0.1, 0.15) is 11.6 Å². The van der Waals surface area contributed by atoms with Gasteiger partial charge in [-0.3, -0.25) is 9.59 Å². The van der Waals surface area contributed by atoms with Crippen molar-refractivity contribution in [3.63, 3.8) is 0 Å². The maximum atomic E-state index is 12.6. The summed E-state index contributed by atoms with van der Waals surface area (Å²) in [5.41, 5.74) is -0.451. The molecule has 18 heavy (non-hydrogen) atoms. The average molecular weight is 478 g/mol. The van der Waals surface area contributed by atoms with Crippen molar-refractivity contribution in [2.75, 3.05) is 6.54 Å². The van der Waals surface area contributed by atoms with Crippen LogP contribution in [0.5, 0.6) is 0 Å². The summed E-state index contributed by atoms with van der Waals surface area (Å²) in [6.45, 7) is 4.82. The molecule has 4 nitrogen and oxygen atoms in total. The van der Waals surface area contributed by atoms with Crippen LogP contribution in [0.4, 0.5) is 0 Å². The molecule has 0 aromatic rings. The van der Waals surface area contributed by atoms with Gasteiger partial charge in [-0.25, -0.2) is 3.53 Å². The van der Waals surface area contributed by atoms with Gasteiger partial charge in [-0.2, -0.15) is 0 Å². The summed E-state index contributed by atoms with van der Waals surface area (Å²) in [7, 11) is 0. The van der Waals surface area contributed by atoms with E-state index < -0.39 is 5.54 Å². The lowest BCUT2D eigenvalue weighted by Gasteiger charge is -2.29. The maximum absolute atomic E-state index is 12.6. The lowest BCUT2D eigenvalue weighted by atomic mass is 9.93. The number of carbonyl (C=O) groups excluding carboxylic acids is 2. The average Bonchev–Trinajstić information content (AvgIpc) is 2.65. The van der Waals surface area contributed by atoms with Crippen LogP contribution in [0.3, 0.4) is 0 Å². The van der Waals surface area contributed by atoms with Crippen LogP contribution in [0.2, 0.25) is 0 Å². The number of hydrogen-bond acceptors (Lipinski definition) is 3. The molecule has 1 heterocycles. The first-order valence-corrected chi connectivity index (χ1v) is 8.56. The summed E-state index contributed by atoms with van der Waals surface area (Å²) in [5.74, 6) is 0.0993. The molecule has 0 aromatic carbocycles. The number of carbonyl (C=O) groups is 2. The predicted octanol–water partition coefficient (Wildman–Crippen LogP) is 2.83. The Labute approximate surface area is 136 Å². The predicted molar refractivity (Wildman–Crippen MR) is 88.8 cm³/mol. The number of likely N-dealkylation sites (tertiary alicyclic amines) is 1. The van der Waals surface area contributed by atoms with Crippen molar-refractivity contribution in [2.24, 2.45) is 0 Å². The normalized spacial score (nSPS) is 25.6. The number of nitrogens with one attached hydrogen (secondary N) is 1. The Balaban J connectivity index is 2.87. The minimum absolute atomic E-state index is 0.0727. The zero-order valence-electron chi connectivity index (χ0n) is 10.8. The topological polar surface area (TPSA) is 49.4 Å². The van der Waals surface area contributed by atoms with Crippen LogP contribution >= 0.6 is 45.5 Å². The molecular weight excluding hydrogens is 458 g/mol. The van der Waals surface area contributed by atoms with E-state index in [0.29, 0.717) is 6.54 Å². The molecule has 1 fully saturated rings. The molecule has 0 spiro atoms. The fourth-order valence-electron chi connectivity index (χ4n) is 2.55. The van der Waals surface area contributed by atoms with Crippen molar-refractivity contribution in [2.45, 2.75) is 57.5 Å².